The minimum Gasteiger partial charge on any atom is -0.496 e. The van der Waals surface area contributed by atoms with Crippen molar-refractivity contribution >= 4 is 17.5 Å². The van der Waals surface area contributed by atoms with Gasteiger partial charge in [0.25, 0.3) is 5.91 Å². The number of hydrogen-bond donors (Lipinski definition) is 1. The molecule has 3 rings (SSSR count). The number of nitrogens with zero attached hydrogens (tertiary/aromatic N) is 4. The highest BCUT2D eigenvalue weighted by Crippen LogP contribution is 2.29. The van der Waals surface area contributed by atoms with E-state index in [4.69, 9.17) is 21.1 Å². The number of hydrogen-bond acceptors (Lipinski definition) is 6. The molecule has 27 heavy (non-hydrogen) atoms. The first-order valence-electron chi connectivity index (χ1n) is 8.08. The molecule has 0 saturated carbocycles. The van der Waals surface area contributed by atoms with Crippen LogP contribution in [0.3, 0.4) is 0 Å². The minimum atomic E-state index is -0.294. The van der Waals surface area contributed by atoms with E-state index in [9.17, 15) is 4.79 Å². The van der Waals surface area contributed by atoms with Crippen molar-refractivity contribution in [2.24, 2.45) is 0 Å². The molecule has 0 bridgehead atoms. The van der Waals surface area contributed by atoms with E-state index < -0.39 is 0 Å². The van der Waals surface area contributed by atoms with Crippen LogP contribution >= 0.6 is 11.6 Å². The molecule has 0 aliphatic rings. The summed E-state index contributed by atoms with van der Waals surface area (Å²) in [6.07, 6.45) is 1.41. The molecule has 1 aromatic heterocycles. The quantitative estimate of drug-likeness (QED) is 0.669. The molecule has 0 aliphatic heterocycles. The van der Waals surface area contributed by atoms with Crippen molar-refractivity contribution in [3.8, 4) is 11.4 Å². The van der Waals surface area contributed by atoms with E-state index in [2.05, 4.69) is 20.8 Å². The second kappa shape index (κ2) is 8.61. The monoisotopic (exact) mass is 387 g/mol. The molecule has 0 radical (unpaired) electrons. The molecule has 1 heterocycles. The van der Waals surface area contributed by atoms with Gasteiger partial charge >= 0.3 is 0 Å². The number of amides is 1. The molecule has 1 N–H and O–H groups in total. The summed E-state index contributed by atoms with van der Waals surface area (Å²) in [6.45, 7) is 0.928. The Morgan fingerprint density at radius 1 is 1.19 bits per heavy atom. The number of carbonyl (C=O) groups excluding carboxylic acids is 1. The van der Waals surface area contributed by atoms with Crippen molar-refractivity contribution in [1.29, 1.82) is 0 Å². The Labute approximate surface area is 161 Å². The maximum atomic E-state index is 12.6. The fraction of sp³-hybridized carbons (Fsp3) is 0.222. The first-order chi connectivity index (χ1) is 13.1. The number of halogens is 1. The van der Waals surface area contributed by atoms with Crippen molar-refractivity contribution < 1.29 is 14.3 Å². The van der Waals surface area contributed by atoms with Crippen LogP contribution in [0.2, 0.25) is 5.02 Å². The summed E-state index contributed by atoms with van der Waals surface area (Å²) in [5, 5.41) is 14.2. The molecule has 0 unspecified atom stereocenters. The number of aromatic nitrogens is 4. The molecule has 3 aromatic rings. The molecule has 2 aromatic carbocycles. The van der Waals surface area contributed by atoms with E-state index in [1.807, 2.05) is 24.3 Å². The van der Waals surface area contributed by atoms with Crippen molar-refractivity contribution in [2.45, 2.75) is 13.2 Å². The molecule has 140 valence electrons. The van der Waals surface area contributed by atoms with E-state index in [-0.39, 0.29) is 5.91 Å². The maximum absolute atomic E-state index is 12.6. The molecular formula is C18H18ClN5O3. The number of nitrogens with one attached hydrogen (secondary N) is 1. The SMILES string of the molecule is COCc1ccc(CNC(=O)c2cc(Cl)c(-n3cnnn3)cc2OC)cc1. The van der Waals surface area contributed by atoms with Gasteiger partial charge in [0.15, 0.2) is 0 Å². The number of tetrazole rings is 1. The largest absolute Gasteiger partial charge is 0.496 e. The van der Waals surface area contributed by atoms with Crippen LogP contribution in [-0.4, -0.2) is 40.3 Å². The normalized spacial score (nSPS) is 10.6. The smallest absolute Gasteiger partial charge is 0.255 e. The second-order valence-corrected chi connectivity index (χ2v) is 6.10. The summed E-state index contributed by atoms with van der Waals surface area (Å²) >= 11 is 6.29. The van der Waals surface area contributed by atoms with Gasteiger partial charge in [-0.1, -0.05) is 35.9 Å². The van der Waals surface area contributed by atoms with Gasteiger partial charge in [-0.25, -0.2) is 0 Å². The highest BCUT2D eigenvalue weighted by atomic mass is 35.5. The zero-order chi connectivity index (χ0) is 19.2. The maximum Gasteiger partial charge on any atom is 0.255 e. The summed E-state index contributed by atoms with van der Waals surface area (Å²) in [5.41, 5.74) is 2.89. The standard InChI is InChI=1S/C18H18ClN5O3/c1-26-10-13-5-3-12(4-6-13)9-20-18(25)14-7-15(19)16(8-17(14)27-2)24-11-21-22-23-24/h3-8,11H,9-10H2,1-2H3,(H,20,25). The first kappa shape index (κ1) is 18.8. The topological polar surface area (TPSA) is 91.2 Å². The Balaban J connectivity index is 1.75. The number of methoxy groups -OCH3 is 2. The van der Waals surface area contributed by atoms with Gasteiger partial charge in [-0.2, -0.15) is 4.68 Å². The Morgan fingerprint density at radius 2 is 1.93 bits per heavy atom. The van der Waals surface area contributed by atoms with Gasteiger partial charge in [-0.3, -0.25) is 4.79 Å². The van der Waals surface area contributed by atoms with Crippen LogP contribution in [-0.2, 0) is 17.9 Å². The third-order valence-corrected chi connectivity index (χ3v) is 4.20. The predicted molar refractivity (Wildman–Crippen MR) is 99.0 cm³/mol. The van der Waals surface area contributed by atoms with Gasteiger partial charge in [0.2, 0.25) is 0 Å². The van der Waals surface area contributed by atoms with E-state index in [1.54, 1.807) is 13.2 Å². The summed E-state index contributed by atoms with van der Waals surface area (Å²) in [6, 6.07) is 11.0. The number of ether oxygens (including phenoxy) is 2. The Morgan fingerprint density at radius 3 is 2.56 bits per heavy atom. The van der Waals surface area contributed by atoms with Gasteiger partial charge in [0.1, 0.15) is 12.1 Å². The van der Waals surface area contributed by atoms with Gasteiger partial charge in [-0.05, 0) is 27.6 Å². The van der Waals surface area contributed by atoms with Crippen LogP contribution in [0.4, 0.5) is 0 Å². The Hall–Kier alpha value is -2.97. The van der Waals surface area contributed by atoms with E-state index in [0.29, 0.717) is 35.2 Å². The van der Waals surface area contributed by atoms with Gasteiger partial charge in [0.05, 0.1) is 30.0 Å². The molecule has 1 amide bonds. The lowest BCUT2D eigenvalue weighted by molar-refractivity contribution is 0.0948. The van der Waals surface area contributed by atoms with Gasteiger partial charge < -0.3 is 14.8 Å². The minimum absolute atomic E-state index is 0.294. The van der Waals surface area contributed by atoms with Crippen molar-refractivity contribution in [2.75, 3.05) is 14.2 Å². The molecule has 9 heteroatoms. The molecule has 0 atom stereocenters. The van der Waals surface area contributed by atoms with Crippen molar-refractivity contribution in [3.05, 3.63) is 64.4 Å². The molecule has 0 saturated heterocycles. The van der Waals surface area contributed by atoms with Gasteiger partial charge in [0, 0.05) is 19.7 Å². The summed E-state index contributed by atoms with van der Waals surface area (Å²) < 4.78 is 11.8. The Bertz CT molecular complexity index is 914. The lowest BCUT2D eigenvalue weighted by atomic mass is 10.1. The van der Waals surface area contributed by atoms with Crippen LogP contribution in [0.1, 0.15) is 21.5 Å². The second-order valence-electron chi connectivity index (χ2n) is 5.69. The van der Waals surface area contributed by atoms with Gasteiger partial charge in [-0.15, -0.1) is 5.10 Å². The highest BCUT2D eigenvalue weighted by Gasteiger charge is 2.17. The Kier molecular flexibility index (Phi) is 6.00. The molecule has 0 aliphatic carbocycles. The summed E-state index contributed by atoms with van der Waals surface area (Å²) in [7, 11) is 3.13. The average molecular weight is 388 g/mol. The lowest BCUT2D eigenvalue weighted by Crippen LogP contribution is -2.23. The van der Waals surface area contributed by atoms with Crippen LogP contribution in [0.5, 0.6) is 5.75 Å². The highest BCUT2D eigenvalue weighted by molar-refractivity contribution is 6.33. The number of rotatable bonds is 7. The molecule has 0 fully saturated rings. The fourth-order valence-electron chi connectivity index (χ4n) is 2.53. The number of carbonyl (C=O) groups is 1. The number of benzene rings is 2. The molecule has 0 spiro atoms. The van der Waals surface area contributed by atoms with Crippen LogP contribution in [0.25, 0.3) is 5.69 Å². The lowest BCUT2D eigenvalue weighted by Gasteiger charge is -2.12. The van der Waals surface area contributed by atoms with Crippen molar-refractivity contribution in [1.82, 2.24) is 25.5 Å². The van der Waals surface area contributed by atoms with Crippen molar-refractivity contribution in [3.63, 3.8) is 0 Å². The third-order valence-electron chi connectivity index (χ3n) is 3.90. The third kappa shape index (κ3) is 4.42. The van der Waals surface area contributed by atoms with Crippen LogP contribution in [0.15, 0.2) is 42.7 Å². The van der Waals surface area contributed by atoms with E-state index >= 15 is 0 Å². The molecule has 8 nitrogen and oxygen atoms in total. The zero-order valence-electron chi connectivity index (χ0n) is 14.8. The molecular weight excluding hydrogens is 370 g/mol. The van der Waals surface area contributed by atoms with E-state index in [0.717, 1.165) is 11.1 Å². The summed E-state index contributed by atoms with van der Waals surface area (Å²) in [5.74, 6) is 0.0795. The van der Waals surface area contributed by atoms with Crippen LogP contribution in [0, 0.1) is 0 Å². The zero-order valence-corrected chi connectivity index (χ0v) is 15.6. The fourth-order valence-corrected chi connectivity index (χ4v) is 2.78. The van der Waals surface area contributed by atoms with E-state index in [1.165, 1.54) is 24.2 Å². The first-order valence-corrected chi connectivity index (χ1v) is 8.46. The van der Waals surface area contributed by atoms with Crippen LogP contribution < -0.4 is 10.1 Å². The summed E-state index contributed by atoms with van der Waals surface area (Å²) in [4.78, 5) is 12.6. The average Bonchev–Trinajstić information content (AvgIpc) is 3.21. The predicted octanol–water partition coefficient (Wildman–Crippen LogP) is 2.40.